The molecule has 0 aliphatic heterocycles. The van der Waals surface area contributed by atoms with Crippen molar-refractivity contribution < 1.29 is 0 Å². The van der Waals surface area contributed by atoms with Gasteiger partial charge in [0.15, 0.2) is 0 Å². The fourth-order valence-corrected chi connectivity index (χ4v) is 5.59. The number of fused-ring (bicyclic) bond motifs is 1. The summed E-state index contributed by atoms with van der Waals surface area (Å²) in [5, 5.41) is 8.71. The average Bonchev–Trinajstić information content (AvgIpc) is 3.06. The van der Waals surface area contributed by atoms with Crippen LogP contribution in [0.4, 0.5) is 0 Å². The lowest BCUT2D eigenvalue weighted by molar-refractivity contribution is 0.613. The first-order chi connectivity index (χ1) is 9.29. The van der Waals surface area contributed by atoms with E-state index in [-0.39, 0.29) is 6.04 Å². The summed E-state index contributed by atoms with van der Waals surface area (Å²) < 4.78 is 2.74. The molecule has 3 rings (SSSR count). The zero-order valence-electron chi connectivity index (χ0n) is 10.5. The van der Waals surface area contributed by atoms with Gasteiger partial charge >= 0.3 is 0 Å². The van der Waals surface area contributed by atoms with Crippen molar-refractivity contribution in [1.29, 1.82) is 0 Å². The molecule has 0 fully saturated rings. The van der Waals surface area contributed by atoms with E-state index in [0.717, 1.165) is 18.0 Å². The van der Waals surface area contributed by atoms with Crippen molar-refractivity contribution in [2.45, 2.75) is 19.4 Å². The van der Waals surface area contributed by atoms with Crippen molar-refractivity contribution in [2.75, 3.05) is 6.54 Å². The van der Waals surface area contributed by atoms with Crippen LogP contribution in [0.15, 0.2) is 29.0 Å². The highest BCUT2D eigenvalue weighted by molar-refractivity contribution is 7.27. The highest BCUT2D eigenvalue weighted by Crippen LogP contribution is 2.39. The van der Waals surface area contributed by atoms with Crippen LogP contribution in [-0.2, 0) is 0 Å². The summed E-state index contributed by atoms with van der Waals surface area (Å²) in [5.74, 6) is 0. The second-order valence-electron chi connectivity index (χ2n) is 4.32. The molecule has 0 saturated heterocycles. The first kappa shape index (κ1) is 13.6. The Bertz CT molecular complexity index is 638. The highest BCUT2D eigenvalue weighted by Gasteiger charge is 2.20. The summed E-state index contributed by atoms with van der Waals surface area (Å²) in [6.07, 6.45) is 1.12. The third-order valence-electron chi connectivity index (χ3n) is 2.95. The fraction of sp³-hybridized carbons (Fsp3) is 0.286. The number of hydrogen-bond acceptors (Lipinski definition) is 4. The first-order valence-corrected chi connectivity index (χ1v) is 9.18. The predicted octanol–water partition coefficient (Wildman–Crippen LogP) is 5.77. The van der Waals surface area contributed by atoms with Gasteiger partial charge in [-0.05, 0) is 41.9 Å². The molecule has 0 spiro atoms. The van der Waals surface area contributed by atoms with Crippen LogP contribution in [0, 0.1) is 0 Å². The van der Waals surface area contributed by atoms with Gasteiger partial charge in [-0.3, -0.25) is 0 Å². The molecule has 3 aromatic heterocycles. The minimum absolute atomic E-state index is 0.233. The van der Waals surface area contributed by atoms with E-state index in [2.05, 4.69) is 35.1 Å². The molecule has 1 atom stereocenters. The average molecular weight is 328 g/mol. The van der Waals surface area contributed by atoms with Crippen LogP contribution < -0.4 is 5.32 Å². The summed E-state index contributed by atoms with van der Waals surface area (Å²) in [7, 11) is 0. The summed E-state index contributed by atoms with van der Waals surface area (Å²) in [6, 6.07) is 6.71. The monoisotopic (exact) mass is 327 g/mol. The number of nitrogens with one attached hydrogen (secondary N) is 1. The van der Waals surface area contributed by atoms with E-state index in [4.69, 9.17) is 11.6 Å². The summed E-state index contributed by atoms with van der Waals surface area (Å²) >= 11 is 11.7. The molecule has 0 radical (unpaired) electrons. The maximum atomic E-state index is 6.31. The molecule has 1 N–H and O–H groups in total. The SMILES string of the molecule is CCCNC(c1cc2sccc2s1)c1sccc1Cl. The largest absolute Gasteiger partial charge is 0.305 e. The van der Waals surface area contributed by atoms with Gasteiger partial charge in [0.2, 0.25) is 0 Å². The van der Waals surface area contributed by atoms with E-state index in [0.29, 0.717) is 0 Å². The standard InChI is InChI=1S/C14H14ClNS3/c1-2-5-16-13(14-9(15)3-6-18-14)12-8-11-10(19-12)4-7-17-11/h3-4,6-8,13,16H,2,5H2,1H3. The molecule has 0 aliphatic carbocycles. The molecule has 0 bridgehead atoms. The third-order valence-corrected chi connectivity index (χ3v) is 6.53. The van der Waals surface area contributed by atoms with E-state index in [1.165, 1.54) is 19.2 Å². The van der Waals surface area contributed by atoms with E-state index in [1.807, 2.05) is 17.4 Å². The third kappa shape index (κ3) is 2.73. The minimum Gasteiger partial charge on any atom is -0.305 e. The molecule has 3 aromatic rings. The molecule has 1 unspecified atom stereocenters. The number of halogens is 1. The second-order valence-corrected chi connectivity index (χ2v) is 7.74. The van der Waals surface area contributed by atoms with Gasteiger partial charge in [-0.2, -0.15) is 0 Å². The zero-order valence-corrected chi connectivity index (χ0v) is 13.7. The van der Waals surface area contributed by atoms with Crippen LogP contribution in [0.25, 0.3) is 9.40 Å². The van der Waals surface area contributed by atoms with Gasteiger partial charge in [0.25, 0.3) is 0 Å². The normalized spacial score (nSPS) is 13.2. The Morgan fingerprint density at radius 2 is 2.05 bits per heavy atom. The zero-order chi connectivity index (χ0) is 13.2. The van der Waals surface area contributed by atoms with Gasteiger partial charge in [-0.15, -0.1) is 34.0 Å². The lowest BCUT2D eigenvalue weighted by Gasteiger charge is -2.16. The molecule has 0 aliphatic rings. The van der Waals surface area contributed by atoms with Crippen LogP contribution in [0.3, 0.4) is 0 Å². The molecule has 19 heavy (non-hydrogen) atoms. The van der Waals surface area contributed by atoms with Gasteiger partial charge in [-0.1, -0.05) is 18.5 Å². The van der Waals surface area contributed by atoms with Crippen molar-refractivity contribution in [2.24, 2.45) is 0 Å². The van der Waals surface area contributed by atoms with E-state index in [1.54, 1.807) is 22.7 Å². The van der Waals surface area contributed by atoms with Gasteiger partial charge in [0.05, 0.1) is 11.1 Å². The summed E-state index contributed by atoms with van der Waals surface area (Å²) in [4.78, 5) is 2.59. The van der Waals surface area contributed by atoms with Crippen molar-refractivity contribution >= 4 is 55.0 Å². The lowest BCUT2D eigenvalue weighted by Crippen LogP contribution is -2.21. The molecule has 0 amide bonds. The van der Waals surface area contributed by atoms with Gasteiger partial charge < -0.3 is 5.32 Å². The molecule has 5 heteroatoms. The summed E-state index contributed by atoms with van der Waals surface area (Å²) in [6.45, 7) is 3.19. The maximum absolute atomic E-state index is 6.31. The van der Waals surface area contributed by atoms with Crippen LogP contribution in [0.5, 0.6) is 0 Å². The number of hydrogen-bond donors (Lipinski definition) is 1. The predicted molar refractivity (Wildman–Crippen MR) is 89.2 cm³/mol. The molecular weight excluding hydrogens is 314 g/mol. The van der Waals surface area contributed by atoms with Crippen molar-refractivity contribution in [3.05, 3.63) is 43.7 Å². The van der Waals surface area contributed by atoms with Crippen LogP contribution >= 0.6 is 45.6 Å². The smallest absolute Gasteiger partial charge is 0.0780 e. The second kappa shape index (κ2) is 5.94. The van der Waals surface area contributed by atoms with Crippen molar-refractivity contribution in [1.82, 2.24) is 5.32 Å². The molecule has 0 saturated carbocycles. The van der Waals surface area contributed by atoms with Crippen LogP contribution in [0.2, 0.25) is 5.02 Å². The Labute approximate surface area is 129 Å². The van der Waals surface area contributed by atoms with E-state index in [9.17, 15) is 0 Å². The fourth-order valence-electron chi connectivity index (χ4n) is 2.05. The number of thiophene rings is 3. The molecule has 3 heterocycles. The first-order valence-electron chi connectivity index (χ1n) is 6.22. The van der Waals surface area contributed by atoms with Gasteiger partial charge in [0, 0.05) is 19.2 Å². The Kier molecular flexibility index (Phi) is 4.24. The van der Waals surface area contributed by atoms with E-state index >= 15 is 0 Å². The maximum Gasteiger partial charge on any atom is 0.0780 e. The van der Waals surface area contributed by atoms with Crippen molar-refractivity contribution in [3.63, 3.8) is 0 Å². The Morgan fingerprint density at radius 3 is 2.74 bits per heavy atom. The number of rotatable bonds is 5. The van der Waals surface area contributed by atoms with Gasteiger partial charge in [0.1, 0.15) is 0 Å². The van der Waals surface area contributed by atoms with Gasteiger partial charge in [-0.25, -0.2) is 0 Å². The molecule has 0 aromatic carbocycles. The Balaban J connectivity index is 1.98. The van der Waals surface area contributed by atoms with Crippen molar-refractivity contribution in [3.8, 4) is 0 Å². The summed E-state index contributed by atoms with van der Waals surface area (Å²) in [5.41, 5.74) is 0. The molecular formula is C14H14ClNS3. The van der Waals surface area contributed by atoms with E-state index < -0.39 is 0 Å². The Hall–Kier alpha value is -0.390. The lowest BCUT2D eigenvalue weighted by atomic mass is 10.2. The molecule has 1 nitrogen and oxygen atoms in total. The minimum atomic E-state index is 0.233. The quantitative estimate of drug-likeness (QED) is 0.627. The molecule has 100 valence electrons. The van der Waals surface area contributed by atoms with Crippen LogP contribution in [-0.4, -0.2) is 6.54 Å². The van der Waals surface area contributed by atoms with Crippen LogP contribution in [0.1, 0.15) is 29.1 Å². The Morgan fingerprint density at radius 1 is 1.21 bits per heavy atom. The topological polar surface area (TPSA) is 12.0 Å². The highest BCUT2D eigenvalue weighted by atomic mass is 35.5.